The van der Waals surface area contributed by atoms with Crippen LogP contribution in [0.3, 0.4) is 0 Å². The standard InChI is InChI=1S/C32H50O4/c1-20(2)10-9-11-22(28(34)35)23-14-18-32(8)25-12-13-26-29(4,5)27(36-21(3)33)16-17-30(26,6)24(25)15-19-31(23,32)7/h10,22-23,26-27H,9,11-19H2,1-8H3,(H,34,35)/t22-,23+,26+,27+,30+,31-,32+/m0/s1. The molecule has 202 valence electrons. The number of aliphatic carboxylic acids is 1. The zero-order valence-electron chi connectivity index (χ0n) is 24.1. The van der Waals surface area contributed by atoms with Gasteiger partial charge >= 0.3 is 11.9 Å². The number of ether oxygens (including phenoxy) is 1. The number of rotatable bonds is 6. The molecule has 1 N–H and O–H groups in total. The van der Waals surface area contributed by atoms with Crippen molar-refractivity contribution in [2.24, 2.45) is 39.4 Å². The van der Waals surface area contributed by atoms with Crippen molar-refractivity contribution in [1.82, 2.24) is 0 Å². The van der Waals surface area contributed by atoms with Crippen LogP contribution < -0.4 is 0 Å². The molecule has 0 aromatic carbocycles. The van der Waals surface area contributed by atoms with E-state index in [9.17, 15) is 14.7 Å². The normalized spacial score (nSPS) is 39.9. The highest BCUT2D eigenvalue weighted by Crippen LogP contribution is 2.72. The number of carbonyl (C=O) groups is 2. The number of carboxylic acid groups (broad SMARTS) is 1. The zero-order valence-corrected chi connectivity index (χ0v) is 24.1. The summed E-state index contributed by atoms with van der Waals surface area (Å²) >= 11 is 0. The fraction of sp³-hybridized carbons (Fsp3) is 0.812. The number of carbonyl (C=O) groups excluding carboxylic acids is 1. The van der Waals surface area contributed by atoms with Gasteiger partial charge in [0.25, 0.3) is 0 Å². The summed E-state index contributed by atoms with van der Waals surface area (Å²) in [4.78, 5) is 24.3. The predicted molar refractivity (Wildman–Crippen MR) is 144 cm³/mol. The molecule has 4 aliphatic rings. The molecule has 0 unspecified atom stereocenters. The van der Waals surface area contributed by atoms with E-state index < -0.39 is 5.97 Å². The number of allylic oxidation sites excluding steroid dienone is 4. The Balaban J connectivity index is 1.67. The molecule has 2 saturated carbocycles. The van der Waals surface area contributed by atoms with Gasteiger partial charge in [-0.1, -0.05) is 57.4 Å². The van der Waals surface area contributed by atoms with Crippen molar-refractivity contribution < 1.29 is 19.4 Å². The molecule has 0 spiro atoms. The summed E-state index contributed by atoms with van der Waals surface area (Å²) in [6.07, 6.45) is 12.4. The molecule has 0 aromatic rings. The van der Waals surface area contributed by atoms with Crippen molar-refractivity contribution in [3.8, 4) is 0 Å². The summed E-state index contributed by atoms with van der Waals surface area (Å²) in [5.74, 6) is -0.291. The Morgan fingerprint density at radius 1 is 0.972 bits per heavy atom. The molecule has 4 heteroatoms. The van der Waals surface area contributed by atoms with Gasteiger partial charge in [-0.2, -0.15) is 0 Å². The number of carboxylic acids is 1. The maximum atomic E-state index is 12.5. The third kappa shape index (κ3) is 4.09. The van der Waals surface area contributed by atoms with Crippen molar-refractivity contribution in [2.75, 3.05) is 0 Å². The van der Waals surface area contributed by atoms with Crippen molar-refractivity contribution in [3.63, 3.8) is 0 Å². The molecule has 2 fully saturated rings. The molecule has 0 aromatic heterocycles. The van der Waals surface area contributed by atoms with E-state index in [-0.39, 0.29) is 45.6 Å². The second-order valence-electron chi connectivity index (χ2n) is 14.1. The summed E-state index contributed by atoms with van der Waals surface area (Å²) < 4.78 is 5.84. The lowest BCUT2D eigenvalue weighted by Gasteiger charge is -2.62. The third-order valence-corrected chi connectivity index (χ3v) is 11.9. The van der Waals surface area contributed by atoms with Gasteiger partial charge in [0.15, 0.2) is 0 Å². The average Bonchev–Trinajstić information content (AvgIpc) is 3.04. The topological polar surface area (TPSA) is 63.6 Å². The Kier molecular flexibility index (Phi) is 7.10. The number of fused-ring (bicyclic) bond motifs is 4. The Bertz CT molecular complexity index is 969. The van der Waals surface area contributed by atoms with E-state index in [4.69, 9.17) is 4.74 Å². The highest BCUT2D eigenvalue weighted by molar-refractivity contribution is 5.70. The first-order valence-corrected chi connectivity index (χ1v) is 14.4. The highest BCUT2D eigenvalue weighted by atomic mass is 16.5. The fourth-order valence-corrected chi connectivity index (χ4v) is 9.81. The van der Waals surface area contributed by atoms with Crippen molar-refractivity contribution in [1.29, 1.82) is 0 Å². The predicted octanol–water partition coefficient (Wildman–Crippen LogP) is 8.11. The minimum Gasteiger partial charge on any atom is -0.481 e. The maximum Gasteiger partial charge on any atom is 0.306 e. The van der Waals surface area contributed by atoms with Gasteiger partial charge in [-0.15, -0.1) is 0 Å². The van der Waals surface area contributed by atoms with Crippen LogP contribution in [0.25, 0.3) is 0 Å². The first-order chi connectivity index (χ1) is 16.7. The molecule has 4 aliphatic carbocycles. The van der Waals surface area contributed by atoms with Crippen LogP contribution >= 0.6 is 0 Å². The lowest BCUT2D eigenvalue weighted by molar-refractivity contribution is -0.167. The van der Waals surface area contributed by atoms with Gasteiger partial charge < -0.3 is 9.84 Å². The second-order valence-corrected chi connectivity index (χ2v) is 14.1. The SMILES string of the molecule is CC(=O)O[C@@H]1CC[C@]2(C)C3=C(CC[C@@H]2C1(C)C)[C@@]1(C)CC[C@H]([C@H](CCC=C(C)C)C(=O)O)[C@]1(C)CC3. The van der Waals surface area contributed by atoms with Gasteiger partial charge in [-0.05, 0) is 106 Å². The van der Waals surface area contributed by atoms with Gasteiger partial charge in [0.1, 0.15) is 6.10 Å². The summed E-state index contributed by atoms with van der Waals surface area (Å²) in [6, 6.07) is 0. The maximum absolute atomic E-state index is 12.5. The van der Waals surface area contributed by atoms with Crippen molar-refractivity contribution >= 4 is 11.9 Å². The lowest BCUT2D eigenvalue weighted by Crippen LogP contribution is -2.56. The van der Waals surface area contributed by atoms with Crippen LogP contribution in [0.1, 0.15) is 120 Å². The van der Waals surface area contributed by atoms with Crippen LogP contribution in [0.5, 0.6) is 0 Å². The molecule has 36 heavy (non-hydrogen) atoms. The minimum atomic E-state index is -0.603. The quantitative estimate of drug-likeness (QED) is 0.297. The van der Waals surface area contributed by atoms with E-state index in [0.29, 0.717) is 5.92 Å². The van der Waals surface area contributed by atoms with Gasteiger partial charge in [-0.3, -0.25) is 9.59 Å². The number of hydrogen-bond donors (Lipinski definition) is 1. The second kappa shape index (κ2) is 9.31. The first kappa shape index (κ1) is 27.5. The summed E-state index contributed by atoms with van der Waals surface area (Å²) in [5, 5.41) is 10.3. The molecule has 0 radical (unpaired) electrons. The Labute approximate surface area is 219 Å². The monoisotopic (exact) mass is 498 g/mol. The fourth-order valence-electron chi connectivity index (χ4n) is 9.81. The van der Waals surface area contributed by atoms with Crippen LogP contribution in [-0.4, -0.2) is 23.1 Å². The molecular formula is C32H50O4. The summed E-state index contributed by atoms with van der Waals surface area (Å²) in [6.45, 7) is 17.8. The first-order valence-electron chi connectivity index (χ1n) is 14.4. The molecule has 0 saturated heterocycles. The van der Waals surface area contributed by atoms with Gasteiger partial charge in [0.05, 0.1) is 5.92 Å². The lowest BCUT2D eigenvalue weighted by atomic mass is 9.43. The third-order valence-electron chi connectivity index (χ3n) is 11.9. The molecule has 7 atom stereocenters. The smallest absolute Gasteiger partial charge is 0.306 e. The molecule has 4 nitrogen and oxygen atoms in total. The van der Waals surface area contributed by atoms with E-state index in [2.05, 4.69) is 54.5 Å². The van der Waals surface area contributed by atoms with E-state index in [1.54, 1.807) is 11.1 Å². The molecule has 0 heterocycles. The largest absolute Gasteiger partial charge is 0.481 e. The minimum absolute atomic E-state index is 0.00680. The molecule has 0 aliphatic heterocycles. The Morgan fingerprint density at radius 2 is 1.67 bits per heavy atom. The van der Waals surface area contributed by atoms with Crippen LogP contribution in [0.2, 0.25) is 0 Å². The number of hydrogen-bond acceptors (Lipinski definition) is 3. The Morgan fingerprint density at radius 3 is 2.28 bits per heavy atom. The van der Waals surface area contributed by atoms with Crippen molar-refractivity contribution in [3.05, 3.63) is 22.8 Å². The highest BCUT2D eigenvalue weighted by Gasteiger charge is 2.64. The van der Waals surface area contributed by atoms with E-state index >= 15 is 0 Å². The van der Waals surface area contributed by atoms with Crippen LogP contribution in [-0.2, 0) is 14.3 Å². The van der Waals surface area contributed by atoms with Crippen LogP contribution in [0.15, 0.2) is 22.8 Å². The van der Waals surface area contributed by atoms with E-state index in [0.717, 1.165) is 64.2 Å². The molecule has 4 rings (SSSR count). The molecule has 0 amide bonds. The zero-order chi connectivity index (χ0) is 26.7. The van der Waals surface area contributed by atoms with Crippen molar-refractivity contribution in [2.45, 2.75) is 126 Å². The van der Waals surface area contributed by atoms with E-state index in [1.165, 1.54) is 12.5 Å². The average molecular weight is 499 g/mol. The van der Waals surface area contributed by atoms with Gasteiger partial charge in [-0.25, -0.2) is 0 Å². The van der Waals surface area contributed by atoms with Crippen LogP contribution in [0.4, 0.5) is 0 Å². The summed E-state index contributed by atoms with van der Waals surface area (Å²) in [7, 11) is 0. The molecular weight excluding hydrogens is 448 g/mol. The number of esters is 1. The summed E-state index contributed by atoms with van der Waals surface area (Å²) in [5.41, 5.74) is 4.85. The Hall–Kier alpha value is -1.58. The van der Waals surface area contributed by atoms with Gasteiger partial charge in [0.2, 0.25) is 0 Å². The van der Waals surface area contributed by atoms with E-state index in [1.807, 2.05) is 0 Å². The molecule has 0 bridgehead atoms. The van der Waals surface area contributed by atoms with Crippen LogP contribution in [0, 0.1) is 39.4 Å². The van der Waals surface area contributed by atoms with Gasteiger partial charge in [0, 0.05) is 12.3 Å².